The molecule has 0 spiro atoms. The maximum absolute atomic E-state index is 11.5. The molecule has 0 aliphatic carbocycles. The van der Waals surface area contributed by atoms with Crippen LogP contribution in [0.3, 0.4) is 0 Å². The summed E-state index contributed by atoms with van der Waals surface area (Å²) in [6.07, 6.45) is 2.41. The van der Waals surface area contributed by atoms with Crippen molar-refractivity contribution in [2.24, 2.45) is 0 Å². The first-order valence-corrected chi connectivity index (χ1v) is 7.07. The van der Waals surface area contributed by atoms with Gasteiger partial charge in [-0.05, 0) is 25.9 Å². The molecule has 0 unspecified atom stereocenters. The van der Waals surface area contributed by atoms with Crippen molar-refractivity contribution in [1.29, 1.82) is 0 Å². The van der Waals surface area contributed by atoms with E-state index < -0.39 is 0 Å². The van der Waals surface area contributed by atoms with Crippen molar-refractivity contribution in [2.45, 2.75) is 32.8 Å². The van der Waals surface area contributed by atoms with Gasteiger partial charge in [0.15, 0.2) is 0 Å². The van der Waals surface area contributed by atoms with Crippen LogP contribution in [0.5, 0.6) is 0 Å². The molecule has 18 heavy (non-hydrogen) atoms. The Labute approximate surface area is 110 Å². The van der Waals surface area contributed by atoms with Gasteiger partial charge in [0.1, 0.15) is 0 Å². The molecule has 0 aromatic carbocycles. The Balaban J connectivity index is 1.96. The summed E-state index contributed by atoms with van der Waals surface area (Å²) >= 11 is 0. The first-order valence-electron chi connectivity index (χ1n) is 7.07. The van der Waals surface area contributed by atoms with E-state index in [2.05, 4.69) is 29.4 Å². The van der Waals surface area contributed by atoms with Crippen LogP contribution in [0, 0.1) is 0 Å². The smallest absolute Gasteiger partial charge is 0.234 e. The zero-order valence-electron chi connectivity index (χ0n) is 11.7. The van der Waals surface area contributed by atoms with Crippen LogP contribution in [0.15, 0.2) is 0 Å². The Hall–Kier alpha value is -0.650. The van der Waals surface area contributed by atoms with Crippen LogP contribution in [-0.2, 0) is 9.53 Å². The molecule has 1 aliphatic rings. The van der Waals surface area contributed by atoms with Crippen LogP contribution in [0.25, 0.3) is 0 Å². The van der Waals surface area contributed by atoms with Gasteiger partial charge in [0.2, 0.25) is 5.91 Å². The van der Waals surface area contributed by atoms with Gasteiger partial charge >= 0.3 is 0 Å². The van der Waals surface area contributed by atoms with Crippen molar-refractivity contribution < 1.29 is 9.53 Å². The molecule has 1 atom stereocenters. The molecule has 1 saturated heterocycles. The van der Waals surface area contributed by atoms with Gasteiger partial charge in [-0.25, -0.2) is 0 Å². The number of amides is 1. The minimum Gasteiger partial charge on any atom is -0.376 e. The Kier molecular flexibility index (Phi) is 7.96. The molecule has 5 heteroatoms. The summed E-state index contributed by atoms with van der Waals surface area (Å²) in [7, 11) is 0. The number of nitrogens with one attached hydrogen (secondary N) is 2. The quantitative estimate of drug-likeness (QED) is 0.580. The minimum absolute atomic E-state index is 0.0602. The highest BCUT2D eigenvalue weighted by Crippen LogP contribution is 2.10. The van der Waals surface area contributed by atoms with Crippen molar-refractivity contribution in [1.82, 2.24) is 15.5 Å². The maximum Gasteiger partial charge on any atom is 0.234 e. The average Bonchev–Trinajstić information content (AvgIpc) is 2.90. The highest BCUT2D eigenvalue weighted by molar-refractivity contribution is 5.77. The predicted octanol–water partition coefficient (Wildman–Crippen LogP) is 0.213. The van der Waals surface area contributed by atoms with Crippen molar-refractivity contribution >= 4 is 5.91 Å². The maximum atomic E-state index is 11.5. The van der Waals surface area contributed by atoms with E-state index in [1.165, 1.54) is 0 Å². The molecule has 5 nitrogen and oxygen atoms in total. The fraction of sp³-hybridized carbons (Fsp3) is 0.923. The number of rotatable bonds is 9. The highest BCUT2D eigenvalue weighted by Gasteiger charge is 2.15. The van der Waals surface area contributed by atoms with Crippen molar-refractivity contribution in [2.75, 3.05) is 45.9 Å². The molecule has 2 N–H and O–H groups in total. The molecular weight excluding hydrogens is 230 g/mol. The van der Waals surface area contributed by atoms with Crippen LogP contribution in [-0.4, -0.2) is 62.8 Å². The van der Waals surface area contributed by atoms with Gasteiger partial charge in [0, 0.05) is 26.2 Å². The van der Waals surface area contributed by atoms with E-state index in [0.717, 1.165) is 45.6 Å². The largest absolute Gasteiger partial charge is 0.376 e. The lowest BCUT2D eigenvalue weighted by Gasteiger charge is -2.18. The predicted molar refractivity (Wildman–Crippen MR) is 72.6 cm³/mol. The summed E-state index contributed by atoms with van der Waals surface area (Å²) in [6.45, 7) is 10.1. The van der Waals surface area contributed by atoms with Crippen LogP contribution in [0.1, 0.15) is 26.7 Å². The highest BCUT2D eigenvalue weighted by atomic mass is 16.5. The van der Waals surface area contributed by atoms with Gasteiger partial charge in [-0.15, -0.1) is 0 Å². The molecule has 0 aromatic heterocycles. The summed E-state index contributed by atoms with van der Waals surface area (Å²) < 4.78 is 5.45. The van der Waals surface area contributed by atoms with Gasteiger partial charge in [0.25, 0.3) is 0 Å². The molecule has 1 rings (SSSR count). The second-order valence-corrected chi connectivity index (χ2v) is 4.64. The third-order valence-electron chi connectivity index (χ3n) is 3.34. The van der Waals surface area contributed by atoms with E-state index in [1.54, 1.807) is 0 Å². The molecule has 1 fully saturated rings. The van der Waals surface area contributed by atoms with Crippen LogP contribution >= 0.6 is 0 Å². The summed E-state index contributed by atoms with van der Waals surface area (Å²) in [5.41, 5.74) is 0. The normalized spacial score (nSPS) is 19.4. The van der Waals surface area contributed by atoms with E-state index in [0.29, 0.717) is 13.1 Å². The number of carbonyl (C=O) groups excluding carboxylic acids is 1. The van der Waals surface area contributed by atoms with Gasteiger partial charge < -0.3 is 20.3 Å². The van der Waals surface area contributed by atoms with Crippen LogP contribution in [0.2, 0.25) is 0 Å². The molecule has 1 aliphatic heterocycles. The Morgan fingerprint density at radius 3 is 2.78 bits per heavy atom. The summed E-state index contributed by atoms with van der Waals surface area (Å²) in [4.78, 5) is 13.9. The number of hydrogen-bond acceptors (Lipinski definition) is 4. The number of hydrogen-bond donors (Lipinski definition) is 2. The molecule has 1 heterocycles. The number of carbonyl (C=O) groups is 1. The third-order valence-corrected chi connectivity index (χ3v) is 3.34. The topological polar surface area (TPSA) is 53.6 Å². The Bertz CT molecular complexity index is 226. The lowest BCUT2D eigenvalue weighted by atomic mass is 10.2. The first kappa shape index (κ1) is 15.4. The van der Waals surface area contributed by atoms with Crippen molar-refractivity contribution in [3.8, 4) is 0 Å². The number of likely N-dealkylation sites (N-methyl/N-ethyl adjacent to an activating group) is 1. The summed E-state index contributed by atoms with van der Waals surface area (Å²) in [5, 5.41) is 6.07. The lowest BCUT2D eigenvalue weighted by Crippen LogP contribution is -2.40. The molecule has 106 valence electrons. The Morgan fingerprint density at radius 2 is 2.17 bits per heavy atom. The van der Waals surface area contributed by atoms with Gasteiger partial charge in [-0.2, -0.15) is 0 Å². The second-order valence-electron chi connectivity index (χ2n) is 4.64. The monoisotopic (exact) mass is 257 g/mol. The standard InChI is InChI=1S/C13H27N3O2/c1-3-16(4-2)8-7-14-11-13(17)15-10-12-6-5-9-18-12/h12,14H,3-11H2,1-2H3,(H,15,17)/t12-/m1/s1. The zero-order chi connectivity index (χ0) is 13.2. The molecule has 1 amide bonds. The van der Waals surface area contributed by atoms with Gasteiger partial charge in [0.05, 0.1) is 12.6 Å². The van der Waals surface area contributed by atoms with E-state index in [9.17, 15) is 4.79 Å². The minimum atomic E-state index is 0.0602. The van der Waals surface area contributed by atoms with Crippen LogP contribution in [0.4, 0.5) is 0 Å². The fourth-order valence-corrected chi connectivity index (χ4v) is 2.07. The van der Waals surface area contributed by atoms with Crippen molar-refractivity contribution in [3.63, 3.8) is 0 Å². The molecular formula is C13H27N3O2. The SMILES string of the molecule is CCN(CC)CCNCC(=O)NC[C@H]1CCCO1. The average molecular weight is 257 g/mol. The molecule has 0 bridgehead atoms. The van der Waals surface area contributed by atoms with Gasteiger partial charge in [-0.1, -0.05) is 13.8 Å². The zero-order valence-corrected chi connectivity index (χ0v) is 11.7. The summed E-state index contributed by atoms with van der Waals surface area (Å²) in [5.74, 6) is 0.0602. The molecule has 0 saturated carbocycles. The Morgan fingerprint density at radius 1 is 1.39 bits per heavy atom. The number of ether oxygens (including phenoxy) is 1. The van der Waals surface area contributed by atoms with E-state index in [1.807, 2.05) is 0 Å². The third kappa shape index (κ3) is 6.33. The lowest BCUT2D eigenvalue weighted by molar-refractivity contribution is -0.120. The van der Waals surface area contributed by atoms with Crippen LogP contribution < -0.4 is 10.6 Å². The number of nitrogens with zero attached hydrogens (tertiary/aromatic N) is 1. The second kappa shape index (κ2) is 9.30. The van der Waals surface area contributed by atoms with Gasteiger partial charge in [-0.3, -0.25) is 4.79 Å². The summed E-state index contributed by atoms with van der Waals surface area (Å²) in [6, 6.07) is 0. The van der Waals surface area contributed by atoms with E-state index in [4.69, 9.17) is 4.74 Å². The molecule has 0 radical (unpaired) electrons. The fourth-order valence-electron chi connectivity index (χ4n) is 2.07. The molecule has 0 aromatic rings. The van der Waals surface area contributed by atoms with E-state index >= 15 is 0 Å². The first-order chi connectivity index (χ1) is 8.76. The van der Waals surface area contributed by atoms with Crippen molar-refractivity contribution in [3.05, 3.63) is 0 Å². The van der Waals surface area contributed by atoms with E-state index in [-0.39, 0.29) is 12.0 Å².